The van der Waals surface area contributed by atoms with E-state index in [0.29, 0.717) is 49.1 Å². The summed E-state index contributed by atoms with van der Waals surface area (Å²) in [7, 11) is 0. The number of ether oxygens (including phenoxy) is 2. The van der Waals surface area contributed by atoms with Crippen molar-refractivity contribution in [2.45, 2.75) is 58.0 Å². The third kappa shape index (κ3) is 3.80. The number of likely N-dealkylation sites (tertiary alicyclic amines) is 1. The fourth-order valence-electron chi connectivity index (χ4n) is 6.86. The second-order valence-corrected chi connectivity index (χ2v) is 12.1. The van der Waals surface area contributed by atoms with Crippen LogP contribution in [-0.4, -0.2) is 53.5 Å². The van der Waals surface area contributed by atoms with E-state index >= 15 is 0 Å². The molecule has 0 spiro atoms. The van der Waals surface area contributed by atoms with Crippen molar-refractivity contribution in [1.82, 2.24) is 15.2 Å². The summed E-state index contributed by atoms with van der Waals surface area (Å²) in [5.74, 6) is 1.74. The Morgan fingerprint density at radius 2 is 2.00 bits per heavy atom. The van der Waals surface area contributed by atoms with Crippen molar-refractivity contribution in [3.05, 3.63) is 63.3 Å². The van der Waals surface area contributed by atoms with Gasteiger partial charge in [0, 0.05) is 36.6 Å². The number of hydrogen-bond acceptors (Lipinski definition) is 6. The van der Waals surface area contributed by atoms with E-state index in [1.807, 2.05) is 30.0 Å². The molecule has 2 amide bonds. The van der Waals surface area contributed by atoms with E-state index in [-0.39, 0.29) is 23.9 Å². The Kier molecular flexibility index (Phi) is 5.69. The first-order valence-corrected chi connectivity index (χ1v) is 14.4. The quantitative estimate of drug-likeness (QED) is 0.517. The number of piperidine rings is 1. The molecule has 3 aromatic rings. The maximum atomic E-state index is 14.1. The molecule has 3 atom stereocenters. The molecular formula is C30H31N3O4S. The number of nitrogens with one attached hydrogen (secondary N) is 1. The van der Waals surface area contributed by atoms with Gasteiger partial charge in [-0.1, -0.05) is 29.8 Å². The van der Waals surface area contributed by atoms with Crippen molar-refractivity contribution >= 4 is 23.2 Å². The first-order valence-electron chi connectivity index (χ1n) is 13.6. The van der Waals surface area contributed by atoms with Gasteiger partial charge in [0.1, 0.15) is 17.2 Å². The minimum Gasteiger partial charge on any atom is -0.493 e. The lowest BCUT2D eigenvalue weighted by atomic mass is 9.96. The van der Waals surface area contributed by atoms with Gasteiger partial charge >= 0.3 is 0 Å². The van der Waals surface area contributed by atoms with E-state index in [4.69, 9.17) is 14.5 Å². The molecule has 7 rings (SSSR count). The predicted molar refractivity (Wildman–Crippen MR) is 145 cm³/mol. The van der Waals surface area contributed by atoms with Crippen molar-refractivity contribution in [3.8, 4) is 21.9 Å². The highest BCUT2D eigenvalue weighted by atomic mass is 32.1. The van der Waals surface area contributed by atoms with Gasteiger partial charge in [0.05, 0.1) is 34.7 Å². The van der Waals surface area contributed by atoms with Crippen LogP contribution in [0.3, 0.4) is 0 Å². The number of nitrogens with zero attached hydrogens (tertiary/aromatic N) is 2. The van der Waals surface area contributed by atoms with E-state index in [1.54, 1.807) is 11.3 Å². The van der Waals surface area contributed by atoms with Crippen LogP contribution in [0.25, 0.3) is 10.4 Å². The highest BCUT2D eigenvalue weighted by Gasteiger charge is 2.49. The number of rotatable bonds is 5. The Bertz CT molecular complexity index is 1430. The van der Waals surface area contributed by atoms with Crippen LogP contribution in [0.4, 0.5) is 0 Å². The normalized spacial score (nSPS) is 22.7. The van der Waals surface area contributed by atoms with E-state index in [9.17, 15) is 9.59 Å². The molecule has 1 aromatic heterocycles. The monoisotopic (exact) mass is 529 g/mol. The zero-order chi connectivity index (χ0) is 26.0. The number of fused-ring (bicyclic) bond motifs is 4. The Morgan fingerprint density at radius 1 is 1.13 bits per heavy atom. The van der Waals surface area contributed by atoms with Crippen molar-refractivity contribution in [1.29, 1.82) is 0 Å². The van der Waals surface area contributed by atoms with Crippen molar-refractivity contribution < 1.29 is 19.1 Å². The highest BCUT2D eigenvalue weighted by Crippen LogP contribution is 2.45. The van der Waals surface area contributed by atoms with E-state index in [0.717, 1.165) is 63.6 Å². The lowest BCUT2D eigenvalue weighted by molar-refractivity contribution is 0.0577. The Morgan fingerprint density at radius 3 is 2.87 bits per heavy atom. The van der Waals surface area contributed by atoms with Crippen molar-refractivity contribution in [2.24, 2.45) is 5.92 Å². The number of thiazole rings is 1. The van der Waals surface area contributed by atoms with Gasteiger partial charge in [0.25, 0.3) is 11.8 Å². The molecule has 2 bridgehead atoms. The first-order chi connectivity index (χ1) is 18.5. The fraction of sp³-hybridized carbons (Fsp3) is 0.433. The summed E-state index contributed by atoms with van der Waals surface area (Å²) in [6.07, 6.45) is 4.58. The van der Waals surface area contributed by atoms with Crippen LogP contribution < -0.4 is 14.8 Å². The van der Waals surface area contributed by atoms with Gasteiger partial charge in [-0.25, -0.2) is 4.98 Å². The molecule has 1 aliphatic carbocycles. The van der Waals surface area contributed by atoms with Crippen LogP contribution in [0, 0.1) is 19.8 Å². The average Bonchev–Trinajstić information content (AvgIpc) is 3.73. The largest absolute Gasteiger partial charge is 0.493 e. The molecule has 0 radical (unpaired) electrons. The van der Waals surface area contributed by atoms with Crippen molar-refractivity contribution in [3.63, 3.8) is 0 Å². The molecule has 1 saturated heterocycles. The molecule has 8 heteroatoms. The lowest BCUT2D eigenvalue weighted by Gasteiger charge is -2.35. The van der Waals surface area contributed by atoms with Gasteiger partial charge < -0.3 is 19.7 Å². The number of hydrogen-bond donors (Lipinski definition) is 1. The maximum Gasteiger partial charge on any atom is 0.274 e. The maximum absolute atomic E-state index is 14.1. The van der Waals surface area contributed by atoms with Crippen LogP contribution in [-0.2, 0) is 12.8 Å². The van der Waals surface area contributed by atoms with Crippen LogP contribution in [0.5, 0.6) is 11.5 Å². The number of aryl methyl sites for hydroxylation is 2. The fourth-order valence-corrected chi connectivity index (χ4v) is 7.77. The molecule has 2 aromatic carbocycles. The van der Waals surface area contributed by atoms with Gasteiger partial charge in [-0.2, -0.15) is 0 Å². The minimum atomic E-state index is -0.134. The molecule has 2 fully saturated rings. The van der Waals surface area contributed by atoms with E-state index < -0.39 is 0 Å². The van der Waals surface area contributed by atoms with Gasteiger partial charge in [0.2, 0.25) is 0 Å². The molecule has 7 nitrogen and oxygen atoms in total. The lowest BCUT2D eigenvalue weighted by Crippen LogP contribution is -2.50. The summed E-state index contributed by atoms with van der Waals surface area (Å²) in [5.41, 5.74) is 5.31. The predicted octanol–water partition coefficient (Wildman–Crippen LogP) is 4.72. The Labute approximate surface area is 226 Å². The number of carbonyl (C=O) groups is 2. The molecule has 1 N–H and O–H groups in total. The third-order valence-corrected chi connectivity index (χ3v) is 9.56. The molecule has 1 saturated carbocycles. The second-order valence-electron chi connectivity index (χ2n) is 10.9. The molecular weight excluding hydrogens is 498 g/mol. The average molecular weight is 530 g/mol. The first kappa shape index (κ1) is 23.7. The van der Waals surface area contributed by atoms with Crippen LogP contribution >= 0.6 is 11.3 Å². The molecule has 3 aliphatic heterocycles. The van der Waals surface area contributed by atoms with Crippen LogP contribution in [0.15, 0.2) is 30.3 Å². The standard InChI is InChI=1S/C30H31N3O4S/c1-16-4-3-5-20(12-16)28-26(32-17(2)38-28)30(35)33-21-7-6-18(13-21)23(33)15-31-29(34)25-22-9-11-36-24(22)14-19-8-10-37-27(19)25/h3-5,12,14,18,21,23H,6-11,13,15H2,1-2H3,(H,31,34)/t18-,21+,23+/m0/s1. The second kappa shape index (κ2) is 9.12. The molecule has 0 unspecified atom stereocenters. The van der Waals surface area contributed by atoms with Gasteiger partial charge in [-0.05, 0) is 50.7 Å². The summed E-state index contributed by atoms with van der Waals surface area (Å²) < 4.78 is 11.7. The summed E-state index contributed by atoms with van der Waals surface area (Å²) in [5, 5.41) is 4.08. The molecule has 38 heavy (non-hydrogen) atoms. The van der Waals surface area contributed by atoms with Gasteiger partial charge in [-0.3, -0.25) is 9.59 Å². The van der Waals surface area contributed by atoms with Crippen LogP contribution in [0.1, 0.15) is 61.8 Å². The molecule has 4 aliphatic rings. The number of benzene rings is 2. The van der Waals surface area contributed by atoms with E-state index in [2.05, 4.69) is 24.4 Å². The smallest absolute Gasteiger partial charge is 0.274 e. The molecule has 196 valence electrons. The van der Waals surface area contributed by atoms with Crippen LogP contribution in [0.2, 0.25) is 0 Å². The summed E-state index contributed by atoms with van der Waals surface area (Å²) in [4.78, 5) is 35.3. The number of carbonyl (C=O) groups excluding carboxylic acids is 2. The number of amides is 2. The summed E-state index contributed by atoms with van der Waals surface area (Å²) in [6.45, 7) is 5.61. The Hall–Kier alpha value is -3.39. The third-order valence-electron chi connectivity index (χ3n) is 8.54. The minimum absolute atomic E-state index is 0.0180. The summed E-state index contributed by atoms with van der Waals surface area (Å²) >= 11 is 1.57. The number of aromatic nitrogens is 1. The topological polar surface area (TPSA) is 80.8 Å². The zero-order valence-corrected chi connectivity index (χ0v) is 22.5. The van der Waals surface area contributed by atoms with Gasteiger partial charge in [0.15, 0.2) is 0 Å². The van der Waals surface area contributed by atoms with Crippen molar-refractivity contribution in [2.75, 3.05) is 19.8 Å². The zero-order valence-electron chi connectivity index (χ0n) is 21.7. The highest BCUT2D eigenvalue weighted by molar-refractivity contribution is 7.15. The summed E-state index contributed by atoms with van der Waals surface area (Å²) in [6, 6.07) is 10.4. The Balaban J connectivity index is 1.16. The SMILES string of the molecule is Cc1cccc(-c2sc(C)nc2C(=O)N2[C@@H]3CC[C@@H](C3)[C@H]2CNC(=O)c2c3c(cc4c2OCC4)OCC3)c1. The molecule has 4 heterocycles. The van der Waals surface area contributed by atoms with Gasteiger partial charge in [-0.15, -0.1) is 11.3 Å². The van der Waals surface area contributed by atoms with E-state index in [1.165, 1.54) is 0 Å².